The number of nitrogens with one attached hydrogen (secondary N) is 3. The van der Waals surface area contributed by atoms with E-state index in [1.165, 1.54) is 50.3 Å². The molecule has 0 aliphatic heterocycles. The van der Waals surface area contributed by atoms with Crippen LogP contribution in [0.3, 0.4) is 0 Å². The van der Waals surface area contributed by atoms with Crippen LogP contribution in [0.25, 0.3) is 12.2 Å². The monoisotopic (exact) mass is 600 g/mol. The predicted molar refractivity (Wildman–Crippen MR) is 144 cm³/mol. The minimum atomic E-state index is -4.79. The maximum Gasteiger partial charge on any atom is 1.00 e. The third-order valence-corrected chi connectivity index (χ3v) is 8.38. The number of hydrogen-bond acceptors (Lipinski definition) is 7. The summed E-state index contributed by atoms with van der Waals surface area (Å²) < 4.78 is 93.7. The van der Waals surface area contributed by atoms with Gasteiger partial charge in [0.2, 0.25) is 10.0 Å². The van der Waals surface area contributed by atoms with Crippen LogP contribution in [0.2, 0.25) is 0 Å². The summed E-state index contributed by atoms with van der Waals surface area (Å²) in [5.74, 6) is 0. The molecule has 2 aromatic carbocycles. The maximum absolute atomic E-state index is 12.1. The van der Waals surface area contributed by atoms with Crippen LogP contribution in [0.4, 0.5) is 11.4 Å². The van der Waals surface area contributed by atoms with Crippen molar-refractivity contribution < 1.29 is 63.9 Å². The Labute approximate surface area is 245 Å². The zero-order valence-corrected chi connectivity index (χ0v) is 26.0. The topological polar surface area (TPSA) is 179 Å². The van der Waals surface area contributed by atoms with Crippen molar-refractivity contribution in [3.63, 3.8) is 0 Å². The van der Waals surface area contributed by atoms with Gasteiger partial charge < -0.3 is 10.6 Å². The number of rotatable bonds is 9. The molecule has 198 valence electrons. The van der Waals surface area contributed by atoms with Crippen LogP contribution < -0.4 is 44.9 Å². The third-order valence-electron chi connectivity index (χ3n) is 4.58. The molecule has 16 heteroatoms. The molecule has 2 rings (SSSR count). The predicted octanol–water partition coefficient (Wildman–Crippen LogP) is 0.199. The Balaban J connectivity index is 0.00000684. The van der Waals surface area contributed by atoms with Gasteiger partial charge in [-0.1, -0.05) is 24.3 Å². The van der Waals surface area contributed by atoms with Crippen LogP contribution in [0.1, 0.15) is 38.8 Å². The fraction of sp³-hybridized carbons (Fsp3) is 0.286. The van der Waals surface area contributed by atoms with Crippen LogP contribution in [0.5, 0.6) is 0 Å². The largest absolute Gasteiger partial charge is 1.00 e. The summed E-state index contributed by atoms with van der Waals surface area (Å²) in [4.78, 5) is -1.09. The maximum atomic E-state index is 12.1. The molecule has 0 unspecified atom stereocenters. The van der Waals surface area contributed by atoms with Crippen molar-refractivity contribution in [3.05, 3.63) is 47.5 Å². The van der Waals surface area contributed by atoms with Gasteiger partial charge in [-0.2, -0.15) is 16.8 Å². The molecule has 0 fully saturated rings. The summed E-state index contributed by atoms with van der Waals surface area (Å²) in [5.41, 5.74) is 0.138. The van der Waals surface area contributed by atoms with E-state index in [0.717, 1.165) is 12.1 Å². The average Bonchev–Trinajstić information content (AvgIpc) is 2.71. The molecule has 37 heavy (non-hydrogen) atoms. The molecular formula is C21H27N3NaO8S4+. The Morgan fingerprint density at radius 3 is 1.65 bits per heavy atom. The van der Waals surface area contributed by atoms with Crippen molar-refractivity contribution in [1.82, 2.24) is 5.32 Å². The van der Waals surface area contributed by atoms with Crippen LogP contribution in [0.15, 0.2) is 46.2 Å². The Bertz CT molecular complexity index is 1500. The van der Waals surface area contributed by atoms with E-state index < -0.39 is 45.3 Å². The Morgan fingerprint density at radius 2 is 1.24 bits per heavy atom. The summed E-state index contributed by atoms with van der Waals surface area (Å²) in [7, 11) is -13.3. The van der Waals surface area contributed by atoms with E-state index in [1.807, 2.05) is 13.8 Å². The van der Waals surface area contributed by atoms with Crippen molar-refractivity contribution >= 4 is 71.1 Å². The van der Waals surface area contributed by atoms with Crippen LogP contribution >= 0.6 is 12.2 Å². The molecule has 0 atom stereocenters. The Kier molecular flexibility index (Phi) is 11.8. The molecule has 0 aliphatic carbocycles. The van der Waals surface area contributed by atoms with Crippen molar-refractivity contribution in [2.75, 3.05) is 10.0 Å². The zero-order chi connectivity index (χ0) is 27.5. The first-order valence-electron chi connectivity index (χ1n) is 10.4. The minimum absolute atomic E-state index is 0. The van der Waals surface area contributed by atoms with E-state index >= 15 is 0 Å². The van der Waals surface area contributed by atoms with Crippen LogP contribution in [-0.4, -0.2) is 50.8 Å². The van der Waals surface area contributed by atoms with Gasteiger partial charge in [-0.25, -0.2) is 8.42 Å². The van der Waals surface area contributed by atoms with E-state index in [0.29, 0.717) is 0 Å². The van der Waals surface area contributed by atoms with Gasteiger partial charge in [-0.3, -0.25) is 13.8 Å². The molecule has 5 N–H and O–H groups in total. The molecule has 0 bridgehead atoms. The number of benzene rings is 2. The standard InChI is InChI=1S/C21H27N3O8S4.Na/c1-13(2)22-21(33)23-17-9-7-15(19(11-17)35(27,28)29)5-6-16-8-10-18(12-20(16)36(30,31)32)24-34(25,26)14(3)4;/h5-14,24H,1-4H3,(H2,22,23,33)(H,27,28,29)(H,30,31,32);/q;+1/b6-5+;. The summed E-state index contributed by atoms with van der Waals surface area (Å²) in [6.07, 6.45) is 2.42. The van der Waals surface area contributed by atoms with Gasteiger partial charge in [0.05, 0.1) is 5.25 Å². The third kappa shape index (κ3) is 9.92. The summed E-state index contributed by atoms with van der Waals surface area (Å²) in [6.45, 7) is 6.59. The van der Waals surface area contributed by atoms with Gasteiger partial charge in [0.25, 0.3) is 20.2 Å². The second-order valence-corrected chi connectivity index (χ2v) is 13.7. The van der Waals surface area contributed by atoms with Crippen LogP contribution in [0, 0.1) is 0 Å². The van der Waals surface area contributed by atoms with E-state index in [4.69, 9.17) is 12.2 Å². The zero-order valence-electron chi connectivity index (χ0n) is 20.8. The molecule has 0 aromatic heterocycles. The van der Waals surface area contributed by atoms with E-state index in [1.54, 1.807) is 0 Å². The molecule has 0 radical (unpaired) electrons. The van der Waals surface area contributed by atoms with E-state index in [-0.39, 0.29) is 63.2 Å². The second kappa shape index (κ2) is 13.0. The first kappa shape index (κ1) is 33.5. The Morgan fingerprint density at radius 1 is 0.811 bits per heavy atom. The molecule has 11 nitrogen and oxygen atoms in total. The summed E-state index contributed by atoms with van der Waals surface area (Å²) >= 11 is 5.13. The normalized spacial score (nSPS) is 12.4. The summed E-state index contributed by atoms with van der Waals surface area (Å²) in [6, 6.07) is 7.49. The molecular weight excluding hydrogens is 574 g/mol. The van der Waals surface area contributed by atoms with Gasteiger partial charge in [0, 0.05) is 17.4 Å². The first-order chi connectivity index (χ1) is 16.4. The minimum Gasteiger partial charge on any atom is -0.360 e. The van der Waals surface area contributed by atoms with Gasteiger partial charge in [-0.15, -0.1) is 0 Å². The number of thiocarbonyl (C=S) groups is 1. The van der Waals surface area contributed by atoms with Crippen molar-refractivity contribution in [2.45, 2.75) is 48.8 Å². The fourth-order valence-corrected chi connectivity index (χ4v) is 5.29. The molecule has 0 saturated carbocycles. The molecule has 2 aromatic rings. The molecule has 0 spiro atoms. The molecule has 0 heterocycles. The number of sulfonamides is 1. The molecule has 0 amide bonds. The second-order valence-electron chi connectivity index (χ2n) is 8.24. The van der Waals surface area contributed by atoms with E-state index in [2.05, 4.69) is 15.4 Å². The Hall–Kier alpha value is -1.56. The van der Waals surface area contributed by atoms with Crippen molar-refractivity contribution in [3.8, 4) is 0 Å². The van der Waals surface area contributed by atoms with Crippen molar-refractivity contribution in [2.24, 2.45) is 0 Å². The molecule has 0 saturated heterocycles. The fourth-order valence-electron chi connectivity index (χ4n) is 2.82. The quantitative estimate of drug-likeness (QED) is 0.115. The van der Waals surface area contributed by atoms with Gasteiger partial charge in [0.1, 0.15) is 9.79 Å². The number of anilines is 2. The van der Waals surface area contributed by atoms with Gasteiger partial charge in [-0.05, 0) is 75.3 Å². The molecule has 0 aliphatic rings. The van der Waals surface area contributed by atoms with Crippen molar-refractivity contribution in [1.29, 1.82) is 0 Å². The first-order valence-corrected chi connectivity index (χ1v) is 15.2. The smallest absolute Gasteiger partial charge is 0.360 e. The number of hydrogen-bond donors (Lipinski definition) is 5. The summed E-state index contributed by atoms with van der Waals surface area (Å²) in [5, 5.41) is 5.17. The van der Waals surface area contributed by atoms with Gasteiger partial charge >= 0.3 is 29.6 Å². The van der Waals surface area contributed by atoms with Gasteiger partial charge in [0.15, 0.2) is 5.11 Å². The van der Waals surface area contributed by atoms with E-state index in [9.17, 15) is 34.4 Å². The SMILES string of the molecule is CC(C)NC(=S)Nc1ccc(/C=C/c2ccc(NS(=O)(=O)C(C)C)cc2S(=O)(=O)O)c(S(=O)(=O)O)c1.[Na+]. The van der Waals surface area contributed by atoms with Crippen LogP contribution in [-0.2, 0) is 30.3 Å². The average molecular weight is 601 g/mol.